The Kier molecular flexibility index (Phi) is 7.38. The number of benzene rings is 1. The zero-order chi connectivity index (χ0) is 20.0. The number of hydrogen-bond donors (Lipinski definition) is 1. The maximum atomic E-state index is 12.8. The monoisotopic (exact) mass is 396 g/mol. The molecule has 0 radical (unpaired) electrons. The molecule has 1 aromatic carbocycles. The van der Waals surface area contributed by atoms with Crippen molar-refractivity contribution in [3.63, 3.8) is 0 Å². The number of hydrogen-bond acceptors (Lipinski definition) is 4. The first kappa shape index (κ1) is 21.4. The third kappa shape index (κ3) is 5.07. The molecule has 1 N–H and O–H groups in total. The van der Waals surface area contributed by atoms with E-state index < -0.39 is 16.0 Å². The first-order valence-electron chi connectivity index (χ1n) is 9.43. The summed E-state index contributed by atoms with van der Waals surface area (Å²) in [6.45, 7) is 5.38. The average Bonchev–Trinajstić information content (AvgIpc) is 2.68. The van der Waals surface area contributed by atoms with Crippen LogP contribution in [-0.2, 0) is 14.8 Å². The van der Waals surface area contributed by atoms with Gasteiger partial charge in [0.1, 0.15) is 0 Å². The van der Waals surface area contributed by atoms with Crippen molar-refractivity contribution in [2.45, 2.75) is 44.4 Å². The molecule has 0 aliphatic carbocycles. The number of aromatic carboxylic acids is 1. The summed E-state index contributed by atoms with van der Waals surface area (Å²) in [4.78, 5) is 25.4. The maximum Gasteiger partial charge on any atom is 0.335 e. The first-order chi connectivity index (χ1) is 12.8. The zero-order valence-electron chi connectivity index (χ0n) is 15.9. The second-order valence-corrected chi connectivity index (χ2v) is 8.74. The number of carboxylic acid groups (broad SMARTS) is 1. The second kappa shape index (κ2) is 9.32. The van der Waals surface area contributed by atoms with Crippen molar-refractivity contribution in [3.8, 4) is 0 Å². The van der Waals surface area contributed by atoms with E-state index in [4.69, 9.17) is 5.11 Å². The van der Waals surface area contributed by atoms with Gasteiger partial charge >= 0.3 is 5.97 Å². The van der Waals surface area contributed by atoms with Crippen LogP contribution in [0.15, 0.2) is 29.2 Å². The highest BCUT2D eigenvalue weighted by molar-refractivity contribution is 7.89. The minimum Gasteiger partial charge on any atom is -0.478 e. The summed E-state index contributed by atoms with van der Waals surface area (Å²) in [5, 5.41) is 8.93. The van der Waals surface area contributed by atoms with Crippen molar-refractivity contribution in [2.24, 2.45) is 5.92 Å². The molecule has 7 nitrogen and oxygen atoms in total. The fourth-order valence-corrected chi connectivity index (χ4v) is 4.70. The number of carbonyl (C=O) groups is 2. The quantitative estimate of drug-likeness (QED) is 0.728. The van der Waals surface area contributed by atoms with Gasteiger partial charge in [-0.05, 0) is 37.1 Å². The van der Waals surface area contributed by atoms with Gasteiger partial charge in [0.05, 0.1) is 10.5 Å². The topological polar surface area (TPSA) is 95.0 Å². The molecule has 1 atom stereocenters. The van der Waals surface area contributed by atoms with E-state index in [0.717, 1.165) is 25.7 Å². The number of carboxylic acids is 1. The molecule has 0 bridgehead atoms. The van der Waals surface area contributed by atoms with Crippen molar-refractivity contribution in [2.75, 3.05) is 26.2 Å². The van der Waals surface area contributed by atoms with Gasteiger partial charge in [0.2, 0.25) is 15.9 Å². The maximum absolute atomic E-state index is 12.8. The predicted molar refractivity (Wildman–Crippen MR) is 102 cm³/mol. The molecule has 1 unspecified atom stereocenters. The van der Waals surface area contributed by atoms with E-state index in [9.17, 15) is 18.0 Å². The van der Waals surface area contributed by atoms with Crippen LogP contribution in [0.3, 0.4) is 0 Å². The van der Waals surface area contributed by atoms with Gasteiger partial charge in [-0.3, -0.25) is 4.79 Å². The number of carbonyl (C=O) groups excluding carboxylic acids is 1. The van der Waals surface area contributed by atoms with E-state index in [0.29, 0.717) is 13.1 Å². The predicted octanol–water partition coefficient (Wildman–Crippen LogP) is 2.43. The fourth-order valence-electron chi connectivity index (χ4n) is 3.28. The highest BCUT2D eigenvalue weighted by Crippen LogP contribution is 2.21. The standard InChI is InChI=1S/C19H28N2O5S/c1-3-5-6-15(4-2)18(22)20-11-13-21(14-12-20)27(25,26)17-9-7-16(8-10-17)19(23)24/h7-10,15H,3-6,11-14H2,1-2H3,(H,23,24). The van der Waals surface area contributed by atoms with Crippen LogP contribution in [0, 0.1) is 5.92 Å². The van der Waals surface area contributed by atoms with Crippen molar-refractivity contribution in [1.82, 2.24) is 9.21 Å². The summed E-state index contributed by atoms with van der Waals surface area (Å²) in [6.07, 6.45) is 3.74. The Hall–Kier alpha value is -1.93. The van der Waals surface area contributed by atoms with Crippen LogP contribution in [0.2, 0.25) is 0 Å². The molecule has 1 amide bonds. The number of sulfonamides is 1. The van der Waals surface area contributed by atoms with Crippen molar-refractivity contribution in [3.05, 3.63) is 29.8 Å². The lowest BCUT2D eigenvalue weighted by atomic mass is 9.97. The molecule has 1 aromatic rings. The van der Waals surface area contributed by atoms with Crippen molar-refractivity contribution >= 4 is 21.9 Å². The Morgan fingerprint density at radius 2 is 1.67 bits per heavy atom. The molecule has 0 aromatic heterocycles. The Balaban J connectivity index is 2.01. The van der Waals surface area contributed by atoms with Crippen LogP contribution in [0.25, 0.3) is 0 Å². The first-order valence-corrected chi connectivity index (χ1v) is 10.9. The largest absolute Gasteiger partial charge is 0.478 e. The molecule has 0 saturated carbocycles. The number of unbranched alkanes of at least 4 members (excludes halogenated alkanes) is 1. The van der Waals surface area contributed by atoms with Crippen molar-refractivity contribution in [1.29, 1.82) is 0 Å². The Morgan fingerprint density at radius 1 is 1.07 bits per heavy atom. The van der Waals surface area contributed by atoms with E-state index in [2.05, 4.69) is 6.92 Å². The highest BCUT2D eigenvalue weighted by Gasteiger charge is 2.32. The molecular weight excluding hydrogens is 368 g/mol. The van der Waals surface area contributed by atoms with Gasteiger partial charge in [0.25, 0.3) is 0 Å². The molecule has 1 heterocycles. The lowest BCUT2D eigenvalue weighted by molar-refractivity contribution is -0.137. The molecule has 8 heteroatoms. The summed E-state index contributed by atoms with van der Waals surface area (Å²) in [5.74, 6) is -0.967. The summed E-state index contributed by atoms with van der Waals surface area (Å²) in [7, 11) is -3.69. The lowest BCUT2D eigenvalue weighted by Crippen LogP contribution is -2.51. The summed E-state index contributed by atoms with van der Waals surface area (Å²) >= 11 is 0. The molecule has 1 aliphatic rings. The van der Waals surface area contributed by atoms with Gasteiger partial charge in [0.15, 0.2) is 0 Å². The van der Waals surface area contributed by atoms with Gasteiger partial charge in [-0.25, -0.2) is 13.2 Å². The third-order valence-electron chi connectivity index (χ3n) is 5.04. The molecule has 1 fully saturated rings. The third-order valence-corrected chi connectivity index (χ3v) is 6.95. The molecule has 150 valence electrons. The van der Waals surface area contributed by atoms with E-state index in [-0.39, 0.29) is 35.4 Å². The van der Waals surface area contributed by atoms with Crippen LogP contribution in [0.4, 0.5) is 0 Å². The fraction of sp³-hybridized carbons (Fsp3) is 0.579. The minimum absolute atomic E-state index is 0.0108. The Bertz CT molecular complexity index is 753. The highest BCUT2D eigenvalue weighted by atomic mass is 32.2. The van der Waals surface area contributed by atoms with Crippen LogP contribution in [-0.4, -0.2) is 60.8 Å². The average molecular weight is 397 g/mol. The molecule has 1 aliphatic heterocycles. The van der Waals surface area contributed by atoms with E-state index >= 15 is 0 Å². The number of rotatable bonds is 8. The smallest absolute Gasteiger partial charge is 0.335 e. The molecule has 2 rings (SSSR count). The molecular formula is C19H28N2O5S. The summed E-state index contributed by atoms with van der Waals surface area (Å²) in [5.41, 5.74) is 0.0436. The van der Waals surface area contributed by atoms with Crippen LogP contribution < -0.4 is 0 Å². The summed E-state index contributed by atoms with van der Waals surface area (Å²) in [6, 6.07) is 5.20. The molecule has 1 saturated heterocycles. The van der Waals surface area contributed by atoms with Gasteiger partial charge in [-0.1, -0.05) is 26.7 Å². The van der Waals surface area contributed by atoms with Gasteiger partial charge in [0, 0.05) is 32.1 Å². The molecule has 27 heavy (non-hydrogen) atoms. The Morgan fingerprint density at radius 3 is 2.15 bits per heavy atom. The zero-order valence-corrected chi connectivity index (χ0v) is 16.7. The van der Waals surface area contributed by atoms with E-state index in [1.54, 1.807) is 4.90 Å². The van der Waals surface area contributed by atoms with Crippen molar-refractivity contribution < 1.29 is 23.1 Å². The summed E-state index contributed by atoms with van der Waals surface area (Å²) < 4.78 is 26.9. The number of amides is 1. The van der Waals surface area contributed by atoms with Gasteiger partial charge in [-0.2, -0.15) is 4.31 Å². The number of nitrogens with zero attached hydrogens (tertiary/aromatic N) is 2. The van der Waals surface area contributed by atoms with E-state index in [1.165, 1.54) is 28.6 Å². The second-order valence-electron chi connectivity index (χ2n) is 6.81. The van der Waals surface area contributed by atoms with Crippen LogP contribution in [0.1, 0.15) is 49.9 Å². The normalized spacial score (nSPS) is 16.9. The van der Waals surface area contributed by atoms with Crippen LogP contribution in [0.5, 0.6) is 0 Å². The minimum atomic E-state index is -3.69. The number of piperazine rings is 1. The van der Waals surface area contributed by atoms with Gasteiger partial charge in [-0.15, -0.1) is 0 Å². The van der Waals surface area contributed by atoms with E-state index in [1.807, 2.05) is 6.92 Å². The van der Waals surface area contributed by atoms with Gasteiger partial charge < -0.3 is 10.0 Å². The molecule has 0 spiro atoms. The lowest BCUT2D eigenvalue weighted by Gasteiger charge is -2.35. The Labute approximate surface area is 161 Å². The SMILES string of the molecule is CCCCC(CC)C(=O)N1CCN(S(=O)(=O)c2ccc(C(=O)O)cc2)CC1. The van der Waals surface area contributed by atoms with Crippen LogP contribution >= 0.6 is 0 Å².